The number of carbonyl (C=O) groups is 2. The van der Waals surface area contributed by atoms with E-state index in [4.69, 9.17) is 17.3 Å². The van der Waals surface area contributed by atoms with Crippen molar-refractivity contribution in [3.8, 4) is 0 Å². The Balaban J connectivity index is 1.75. The zero-order valence-electron chi connectivity index (χ0n) is 24.4. The van der Waals surface area contributed by atoms with Crippen molar-refractivity contribution < 1.29 is 9.59 Å². The molecule has 4 atom stereocenters. The number of nitrogens with one attached hydrogen (secondary N) is 1. The number of fused-ring (bicyclic) bond motifs is 2. The van der Waals surface area contributed by atoms with Crippen molar-refractivity contribution in [3.05, 3.63) is 101 Å². The van der Waals surface area contributed by atoms with Crippen LogP contribution in [0.25, 0.3) is 0 Å². The normalized spacial score (nSPS) is 18.1. The van der Waals surface area contributed by atoms with Crippen LogP contribution in [0.1, 0.15) is 66.5 Å². The van der Waals surface area contributed by atoms with Crippen molar-refractivity contribution in [2.75, 3.05) is 18.5 Å². The van der Waals surface area contributed by atoms with E-state index in [1.807, 2.05) is 58.4 Å². The second-order valence-electron chi connectivity index (χ2n) is 11.0. The van der Waals surface area contributed by atoms with Gasteiger partial charge in [-0.15, -0.1) is 0 Å². The molecule has 8 heteroatoms. The number of para-hydroxylation sites is 1. The summed E-state index contributed by atoms with van der Waals surface area (Å²) in [6.07, 6.45) is 1.72. The molecule has 0 saturated carbocycles. The van der Waals surface area contributed by atoms with Gasteiger partial charge in [-0.25, -0.2) is 5.01 Å². The number of likely N-dealkylation sites (N-methyl/N-ethyl adjacent to an activating group) is 1. The fourth-order valence-electron chi connectivity index (χ4n) is 5.97. The van der Waals surface area contributed by atoms with E-state index in [-0.39, 0.29) is 30.2 Å². The maximum Gasteiger partial charge on any atom is 0.237 e. The number of nitrogens with zero attached hydrogens (tertiary/aromatic N) is 2. The summed E-state index contributed by atoms with van der Waals surface area (Å²) in [6.45, 7) is 5.80. The molecule has 41 heavy (non-hydrogen) atoms. The monoisotopic (exact) mass is 556 g/mol. The highest BCUT2D eigenvalue weighted by Crippen LogP contribution is 2.47. The second-order valence-corrected chi connectivity index (χ2v) is 11.0. The minimum atomic E-state index is -0.593. The lowest BCUT2D eigenvalue weighted by atomic mass is 9.74. The average molecular weight is 557 g/mol. The van der Waals surface area contributed by atoms with Gasteiger partial charge in [0.1, 0.15) is 0 Å². The summed E-state index contributed by atoms with van der Waals surface area (Å²) in [5.41, 5.74) is 18.2. The van der Waals surface area contributed by atoms with Crippen LogP contribution in [-0.4, -0.2) is 36.5 Å². The Kier molecular flexibility index (Phi) is 10.3. The van der Waals surface area contributed by atoms with Gasteiger partial charge >= 0.3 is 0 Å². The molecule has 0 radical (unpaired) electrons. The van der Waals surface area contributed by atoms with Crippen LogP contribution in [0.3, 0.4) is 0 Å². The third-order valence-electron chi connectivity index (χ3n) is 8.33. The highest BCUT2D eigenvalue weighted by Gasteiger charge is 2.38. The summed E-state index contributed by atoms with van der Waals surface area (Å²) in [7, 11) is 1.59. The largest absolute Gasteiger partial charge is 0.358 e. The molecule has 7 N–H and O–H groups in total. The first-order chi connectivity index (χ1) is 19.8. The number of nitrogens with two attached hydrogens (primary N) is 3. The molecule has 3 aromatic rings. The predicted molar refractivity (Wildman–Crippen MR) is 165 cm³/mol. The molecule has 1 aliphatic heterocycles. The number of amides is 2. The van der Waals surface area contributed by atoms with Gasteiger partial charge in [-0.05, 0) is 46.2 Å². The van der Waals surface area contributed by atoms with Crippen molar-refractivity contribution in [3.63, 3.8) is 0 Å². The van der Waals surface area contributed by atoms with E-state index in [0.29, 0.717) is 32.0 Å². The van der Waals surface area contributed by atoms with Crippen LogP contribution in [0, 0.1) is 5.92 Å². The molecule has 1 heterocycles. The number of rotatable bonds is 10. The van der Waals surface area contributed by atoms with Crippen molar-refractivity contribution >= 4 is 17.5 Å². The van der Waals surface area contributed by atoms with Gasteiger partial charge in [-0.3, -0.25) is 15.4 Å². The molecule has 4 rings (SSSR count). The van der Waals surface area contributed by atoms with Gasteiger partial charge in [-0.1, -0.05) is 87.0 Å². The molecule has 2 amide bonds. The molecule has 0 fully saturated rings. The first kappa shape index (κ1) is 30.4. The molecule has 3 aromatic carbocycles. The topological polar surface area (TPSA) is 131 Å². The van der Waals surface area contributed by atoms with Crippen LogP contribution in [0.2, 0.25) is 0 Å². The smallest absolute Gasteiger partial charge is 0.237 e. The van der Waals surface area contributed by atoms with E-state index >= 15 is 0 Å². The molecule has 1 aliphatic rings. The van der Waals surface area contributed by atoms with Gasteiger partial charge in [0.25, 0.3) is 0 Å². The summed E-state index contributed by atoms with van der Waals surface area (Å²) in [4.78, 5) is 27.2. The Morgan fingerprint density at radius 1 is 1.00 bits per heavy atom. The predicted octanol–water partition coefficient (Wildman–Crippen LogP) is 3.74. The summed E-state index contributed by atoms with van der Waals surface area (Å²) in [5.74, 6) is 7.32. The number of hydrogen-bond donors (Lipinski definition) is 4. The van der Waals surface area contributed by atoms with E-state index in [9.17, 15) is 9.59 Å². The fourth-order valence-corrected chi connectivity index (χ4v) is 5.97. The lowest BCUT2D eigenvalue weighted by molar-refractivity contribution is -0.122. The first-order valence-electron chi connectivity index (χ1n) is 14.5. The standard InChI is InChI=1S/C33H44N6O2/c1-4-22(2)31-26-10-6-5-9-25(26)21-38(30(40)17-18-34)29-12-8-7-11-27(29)32(31)39(36)20-24-15-13-23(14-16-24)19-28(35)33(41)37-3/h5-16,22,28,31-32H,4,17-21,34-36H2,1-3H3,(H,37,41). The van der Waals surface area contributed by atoms with Crippen molar-refractivity contribution in [2.45, 2.75) is 64.2 Å². The third kappa shape index (κ3) is 6.85. The number of hydrazine groups is 1. The highest BCUT2D eigenvalue weighted by atomic mass is 16.2. The molecule has 0 bridgehead atoms. The minimum Gasteiger partial charge on any atom is -0.358 e. The molecule has 0 aliphatic carbocycles. The SMILES string of the molecule is CCC(C)C1c2ccccc2CN(C(=O)CCN)c2ccccc2C1N(N)Cc1ccc(CC(N)C(=O)NC)cc1. The first-order valence-corrected chi connectivity index (χ1v) is 14.5. The van der Waals surface area contributed by atoms with Crippen LogP contribution >= 0.6 is 0 Å². The Hall–Kier alpha value is -3.56. The summed E-state index contributed by atoms with van der Waals surface area (Å²) >= 11 is 0. The van der Waals surface area contributed by atoms with Crippen LogP contribution in [0.5, 0.6) is 0 Å². The van der Waals surface area contributed by atoms with E-state index < -0.39 is 6.04 Å². The maximum atomic E-state index is 13.4. The summed E-state index contributed by atoms with van der Waals surface area (Å²) in [5, 5.41) is 4.53. The Bertz CT molecular complexity index is 1330. The maximum absolute atomic E-state index is 13.4. The molecule has 4 unspecified atom stereocenters. The molecule has 218 valence electrons. The Morgan fingerprint density at radius 2 is 1.63 bits per heavy atom. The van der Waals surface area contributed by atoms with E-state index in [1.165, 1.54) is 5.56 Å². The molecule has 0 spiro atoms. The fraction of sp³-hybridized carbons (Fsp3) is 0.394. The van der Waals surface area contributed by atoms with Gasteiger partial charge in [-0.2, -0.15) is 0 Å². The van der Waals surface area contributed by atoms with Crippen LogP contribution in [0.15, 0.2) is 72.8 Å². The van der Waals surface area contributed by atoms with Crippen LogP contribution in [-0.2, 0) is 29.1 Å². The van der Waals surface area contributed by atoms with Crippen molar-refractivity contribution in [2.24, 2.45) is 23.2 Å². The summed E-state index contributed by atoms with van der Waals surface area (Å²) in [6, 6.07) is 23.9. The Morgan fingerprint density at radius 3 is 2.29 bits per heavy atom. The van der Waals surface area contributed by atoms with Gasteiger partial charge < -0.3 is 21.7 Å². The molecule has 0 saturated heterocycles. The van der Waals surface area contributed by atoms with Gasteiger partial charge in [0, 0.05) is 38.2 Å². The second kappa shape index (κ2) is 13.9. The third-order valence-corrected chi connectivity index (χ3v) is 8.33. The van der Waals surface area contributed by atoms with E-state index in [2.05, 4.69) is 43.4 Å². The van der Waals surface area contributed by atoms with E-state index in [1.54, 1.807) is 7.05 Å². The Labute approximate surface area is 243 Å². The number of anilines is 1. The van der Waals surface area contributed by atoms with Crippen LogP contribution < -0.4 is 27.5 Å². The molecular weight excluding hydrogens is 512 g/mol. The number of carbonyl (C=O) groups excluding carboxylic acids is 2. The molecule has 8 nitrogen and oxygen atoms in total. The zero-order valence-corrected chi connectivity index (χ0v) is 24.4. The summed E-state index contributed by atoms with van der Waals surface area (Å²) < 4.78 is 0. The van der Waals surface area contributed by atoms with Crippen molar-refractivity contribution in [1.29, 1.82) is 0 Å². The zero-order chi connectivity index (χ0) is 29.5. The highest BCUT2D eigenvalue weighted by molar-refractivity contribution is 5.94. The van der Waals surface area contributed by atoms with Gasteiger partial charge in [0.15, 0.2) is 0 Å². The average Bonchev–Trinajstić information content (AvgIpc) is 2.98. The van der Waals surface area contributed by atoms with Crippen molar-refractivity contribution in [1.82, 2.24) is 10.3 Å². The van der Waals surface area contributed by atoms with Gasteiger partial charge in [0.2, 0.25) is 11.8 Å². The minimum absolute atomic E-state index is 0.00427. The van der Waals surface area contributed by atoms with Crippen LogP contribution in [0.4, 0.5) is 5.69 Å². The van der Waals surface area contributed by atoms with Gasteiger partial charge in [0.05, 0.1) is 18.6 Å². The molecular formula is C33H44N6O2. The van der Waals surface area contributed by atoms with E-state index in [0.717, 1.165) is 34.4 Å². The molecule has 0 aromatic heterocycles. The lowest BCUT2D eigenvalue weighted by Gasteiger charge is -2.43. The lowest BCUT2D eigenvalue weighted by Crippen LogP contribution is -2.43. The number of hydrogen-bond acceptors (Lipinski definition) is 6. The number of benzene rings is 3. The quantitative estimate of drug-likeness (QED) is 0.222.